The Labute approximate surface area is 134 Å². The van der Waals surface area contributed by atoms with E-state index in [0.29, 0.717) is 23.7 Å². The van der Waals surface area contributed by atoms with Gasteiger partial charge in [0, 0.05) is 18.2 Å². The number of ether oxygens (including phenoxy) is 1. The van der Waals surface area contributed by atoms with E-state index in [1.807, 2.05) is 24.3 Å². The Bertz CT molecular complexity index is 746. The number of hydrogen-bond acceptors (Lipinski definition) is 5. The Morgan fingerprint density at radius 3 is 2.78 bits per heavy atom. The number of methoxy groups -OCH3 is 1. The van der Waals surface area contributed by atoms with Crippen LogP contribution in [0.4, 0.5) is 5.82 Å². The van der Waals surface area contributed by atoms with Crippen LogP contribution in [-0.4, -0.2) is 29.3 Å². The molecule has 2 aromatic rings. The number of benzene rings is 1. The molecule has 0 fully saturated rings. The summed E-state index contributed by atoms with van der Waals surface area (Å²) in [7, 11) is 1.60. The number of anilines is 1. The summed E-state index contributed by atoms with van der Waals surface area (Å²) in [6.45, 7) is 1.71. The van der Waals surface area contributed by atoms with Gasteiger partial charge >= 0.3 is 0 Å². The Morgan fingerprint density at radius 2 is 2.04 bits per heavy atom. The number of aromatic nitrogens is 1. The van der Waals surface area contributed by atoms with Crippen molar-refractivity contribution >= 4 is 17.4 Å². The van der Waals surface area contributed by atoms with Crippen molar-refractivity contribution in [1.29, 1.82) is 0 Å². The lowest BCUT2D eigenvalue weighted by molar-refractivity contribution is -0.135. The lowest BCUT2D eigenvalue weighted by atomic mass is 9.94. The van der Waals surface area contributed by atoms with Crippen LogP contribution in [0.2, 0.25) is 0 Å². The van der Waals surface area contributed by atoms with Gasteiger partial charge in [0.15, 0.2) is 0 Å². The molecule has 0 radical (unpaired) electrons. The van der Waals surface area contributed by atoms with Gasteiger partial charge in [-0.1, -0.05) is 23.4 Å². The molecule has 6 nitrogen and oxygen atoms in total. The van der Waals surface area contributed by atoms with Crippen molar-refractivity contribution in [3.05, 3.63) is 54.2 Å². The topological polar surface area (TPSA) is 72.8 Å². The molecule has 0 bridgehead atoms. The summed E-state index contributed by atoms with van der Waals surface area (Å²) in [5.74, 6) is 0.891. The second-order valence-corrected chi connectivity index (χ2v) is 5.41. The molecule has 0 unspecified atom stereocenters. The Balaban J connectivity index is 1.75. The minimum atomic E-state index is -1.08. The third-order valence-electron chi connectivity index (χ3n) is 3.67. The van der Waals surface area contributed by atoms with Gasteiger partial charge in [-0.2, -0.15) is 0 Å². The third-order valence-corrected chi connectivity index (χ3v) is 3.67. The van der Waals surface area contributed by atoms with Crippen LogP contribution < -0.4 is 10.1 Å². The predicted octanol–water partition coefficient (Wildman–Crippen LogP) is 2.61. The largest absolute Gasteiger partial charge is 0.496 e. The fourth-order valence-corrected chi connectivity index (χ4v) is 2.37. The molecule has 1 aliphatic heterocycles. The molecular weight excluding hydrogens is 294 g/mol. The first-order valence-electron chi connectivity index (χ1n) is 7.23. The number of nitrogens with one attached hydrogen (secondary N) is 1. The van der Waals surface area contributed by atoms with Crippen molar-refractivity contribution in [3.8, 4) is 5.75 Å². The molecule has 1 amide bonds. The number of amides is 1. The summed E-state index contributed by atoms with van der Waals surface area (Å²) in [6, 6.07) is 12.8. The quantitative estimate of drug-likeness (QED) is 0.942. The SMILES string of the molecule is COc1ccccc1C1=NO[C@](C)(C(=O)Nc2ccccn2)C1. The number of nitrogens with zero attached hydrogens (tertiary/aromatic N) is 2. The monoisotopic (exact) mass is 311 g/mol. The summed E-state index contributed by atoms with van der Waals surface area (Å²) >= 11 is 0. The Kier molecular flexibility index (Phi) is 3.97. The van der Waals surface area contributed by atoms with Gasteiger partial charge < -0.3 is 14.9 Å². The van der Waals surface area contributed by atoms with Crippen molar-refractivity contribution in [2.75, 3.05) is 12.4 Å². The Morgan fingerprint density at radius 1 is 1.26 bits per heavy atom. The molecule has 1 aliphatic rings. The minimum Gasteiger partial charge on any atom is -0.496 e. The molecule has 118 valence electrons. The molecular formula is C17H17N3O3. The lowest BCUT2D eigenvalue weighted by Crippen LogP contribution is -2.40. The van der Waals surface area contributed by atoms with E-state index in [2.05, 4.69) is 15.5 Å². The predicted molar refractivity (Wildman–Crippen MR) is 86.5 cm³/mol. The number of carbonyl (C=O) groups excluding carboxylic acids is 1. The van der Waals surface area contributed by atoms with Gasteiger partial charge in [0.25, 0.3) is 5.91 Å². The fourth-order valence-electron chi connectivity index (χ4n) is 2.37. The normalized spacial score (nSPS) is 19.7. The van der Waals surface area contributed by atoms with E-state index >= 15 is 0 Å². The van der Waals surface area contributed by atoms with Gasteiger partial charge in [-0.15, -0.1) is 0 Å². The van der Waals surface area contributed by atoms with Gasteiger partial charge in [-0.05, 0) is 31.2 Å². The maximum absolute atomic E-state index is 12.5. The molecule has 1 atom stereocenters. The van der Waals surface area contributed by atoms with Crippen LogP contribution >= 0.6 is 0 Å². The third kappa shape index (κ3) is 3.01. The second-order valence-electron chi connectivity index (χ2n) is 5.41. The van der Waals surface area contributed by atoms with Crippen LogP contribution in [0.3, 0.4) is 0 Å². The summed E-state index contributed by atoms with van der Waals surface area (Å²) in [5.41, 5.74) is 0.429. The number of para-hydroxylation sites is 1. The summed E-state index contributed by atoms with van der Waals surface area (Å²) in [5, 5.41) is 6.83. The highest BCUT2D eigenvalue weighted by atomic mass is 16.7. The maximum Gasteiger partial charge on any atom is 0.272 e. The van der Waals surface area contributed by atoms with Gasteiger partial charge in [-0.25, -0.2) is 4.98 Å². The van der Waals surface area contributed by atoms with Crippen molar-refractivity contribution in [3.63, 3.8) is 0 Å². The highest BCUT2D eigenvalue weighted by Gasteiger charge is 2.42. The van der Waals surface area contributed by atoms with Crippen molar-refractivity contribution < 1.29 is 14.4 Å². The van der Waals surface area contributed by atoms with Crippen LogP contribution in [0.15, 0.2) is 53.8 Å². The van der Waals surface area contributed by atoms with Crippen LogP contribution in [0, 0.1) is 0 Å². The van der Waals surface area contributed by atoms with Crippen LogP contribution in [0.5, 0.6) is 5.75 Å². The molecule has 0 spiro atoms. The highest BCUT2D eigenvalue weighted by Crippen LogP contribution is 2.31. The van der Waals surface area contributed by atoms with E-state index in [9.17, 15) is 4.79 Å². The molecule has 2 heterocycles. The van der Waals surface area contributed by atoms with Crippen molar-refractivity contribution in [2.24, 2.45) is 5.16 Å². The highest BCUT2D eigenvalue weighted by molar-refractivity contribution is 6.09. The van der Waals surface area contributed by atoms with Gasteiger partial charge in [0.2, 0.25) is 5.60 Å². The first kappa shape index (κ1) is 15.0. The summed E-state index contributed by atoms with van der Waals surface area (Å²) in [6.07, 6.45) is 1.97. The zero-order chi connectivity index (χ0) is 16.3. The first-order valence-corrected chi connectivity index (χ1v) is 7.23. The van der Waals surface area contributed by atoms with E-state index in [1.165, 1.54) is 0 Å². The molecule has 3 rings (SSSR count). The Hall–Kier alpha value is -2.89. The number of pyridine rings is 1. The van der Waals surface area contributed by atoms with Crippen molar-refractivity contribution in [2.45, 2.75) is 18.9 Å². The fraction of sp³-hybridized carbons (Fsp3) is 0.235. The van der Waals surface area contributed by atoms with E-state index in [1.54, 1.807) is 38.4 Å². The summed E-state index contributed by atoms with van der Waals surface area (Å²) < 4.78 is 5.34. The van der Waals surface area contributed by atoms with Gasteiger partial charge in [-0.3, -0.25) is 4.79 Å². The smallest absolute Gasteiger partial charge is 0.272 e. The van der Waals surface area contributed by atoms with Crippen LogP contribution in [-0.2, 0) is 9.63 Å². The molecule has 0 saturated carbocycles. The molecule has 1 aromatic carbocycles. The van der Waals surface area contributed by atoms with E-state index in [-0.39, 0.29) is 5.91 Å². The van der Waals surface area contributed by atoms with Gasteiger partial charge in [0.1, 0.15) is 11.6 Å². The molecule has 1 N–H and O–H groups in total. The molecule has 6 heteroatoms. The lowest BCUT2D eigenvalue weighted by Gasteiger charge is -2.20. The first-order chi connectivity index (χ1) is 11.1. The number of oxime groups is 1. The second kappa shape index (κ2) is 6.08. The van der Waals surface area contributed by atoms with E-state index < -0.39 is 5.60 Å². The number of hydrogen-bond donors (Lipinski definition) is 1. The van der Waals surface area contributed by atoms with Crippen molar-refractivity contribution in [1.82, 2.24) is 4.98 Å². The molecule has 0 saturated heterocycles. The average Bonchev–Trinajstić information content (AvgIpc) is 2.99. The molecule has 23 heavy (non-hydrogen) atoms. The molecule has 1 aromatic heterocycles. The van der Waals surface area contributed by atoms with Crippen LogP contribution in [0.25, 0.3) is 0 Å². The number of carbonyl (C=O) groups is 1. The number of rotatable bonds is 4. The average molecular weight is 311 g/mol. The minimum absolute atomic E-state index is 0.287. The maximum atomic E-state index is 12.5. The van der Waals surface area contributed by atoms with E-state index in [0.717, 1.165) is 5.56 Å². The van der Waals surface area contributed by atoms with E-state index in [4.69, 9.17) is 9.57 Å². The standard InChI is InChI=1S/C17H17N3O3/c1-17(16(21)19-15-9-5-6-10-18-15)11-13(20-23-17)12-7-3-4-8-14(12)22-2/h3-10H,11H2,1-2H3,(H,18,19,21)/t17-/m0/s1. The zero-order valence-electron chi connectivity index (χ0n) is 12.9. The molecule has 0 aliphatic carbocycles. The zero-order valence-corrected chi connectivity index (χ0v) is 12.9. The van der Waals surface area contributed by atoms with Gasteiger partial charge in [0.05, 0.1) is 12.8 Å². The summed E-state index contributed by atoms with van der Waals surface area (Å²) in [4.78, 5) is 22.0. The van der Waals surface area contributed by atoms with Crippen LogP contribution in [0.1, 0.15) is 18.9 Å².